The smallest absolute Gasteiger partial charge is 0.0129 e. The predicted molar refractivity (Wildman–Crippen MR) is 82.2 cm³/mol. The molecule has 0 radical (unpaired) electrons. The Kier molecular flexibility index (Phi) is 3.71. The normalized spacial score (nSPS) is 41.8. The minimum Gasteiger partial charge on any atom is -0.313 e. The van der Waals surface area contributed by atoms with Gasteiger partial charge in [0.1, 0.15) is 0 Å². The summed E-state index contributed by atoms with van der Waals surface area (Å²) in [6.07, 6.45) is 13.2. The molecule has 19 heavy (non-hydrogen) atoms. The summed E-state index contributed by atoms with van der Waals surface area (Å²) < 4.78 is 0. The van der Waals surface area contributed by atoms with E-state index in [1.807, 2.05) is 0 Å². The maximum atomic E-state index is 3.96. The third-order valence-corrected chi connectivity index (χ3v) is 7.46. The summed E-state index contributed by atoms with van der Waals surface area (Å²) in [6, 6.07) is 0.796. The van der Waals surface area contributed by atoms with Crippen molar-refractivity contribution in [3.8, 4) is 0 Å². The first-order valence-electron chi connectivity index (χ1n) is 8.77. The monoisotopic (exact) mass is 263 g/mol. The molecular weight excluding hydrogens is 230 g/mol. The molecule has 0 aromatic carbocycles. The van der Waals surface area contributed by atoms with Gasteiger partial charge in [0.05, 0.1) is 0 Å². The summed E-state index contributed by atoms with van der Waals surface area (Å²) in [5.41, 5.74) is 1.12. The maximum Gasteiger partial charge on any atom is 0.0129 e. The fourth-order valence-electron chi connectivity index (χ4n) is 5.45. The van der Waals surface area contributed by atoms with Gasteiger partial charge in [0.25, 0.3) is 0 Å². The Balaban J connectivity index is 1.49. The Labute approximate surface area is 119 Å². The minimum atomic E-state index is 0.560. The van der Waals surface area contributed by atoms with Gasteiger partial charge >= 0.3 is 0 Å². The molecule has 3 fully saturated rings. The van der Waals surface area contributed by atoms with Crippen LogP contribution in [0.4, 0.5) is 0 Å². The van der Waals surface area contributed by atoms with Crippen LogP contribution < -0.4 is 5.32 Å². The Morgan fingerprint density at radius 2 is 1.74 bits per heavy atom. The number of rotatable bonds is 4. The molecule has 3 unspecified atom stereocenters. The summed E-state index contributed by atoms with van der Waals surface area (Å²) in [5, 5.41) is 3.96. The van der Waals surface area contributed by atoms with Crippen LogP contribution in [0, 0.1) is 22.7 Å². The fourth-order valence-corrected chi connectivity index (χ4v) is 5.45. The molecule has 3 aliphatic carbocycles. The summed E-state index contributed by atoms with van der Waals surface area (Å²) in [7, 11) is 0. The summed E-state index contributed by atoms with van der Waals surface area (Å²) in [4.78, 5) is 0. The average Bonchev–Trinajstić information content (AvgIpc) is 2.73. The zero-order valence-electron chi connectivity index (χ0n) is 13.3. The topological polar surface area (TPSA) is 12.0 Å². The Bertz CT molecular complexity index is 316. The quantitative estimate of drug-likeness (QED) is 0.771. The number of fused-ring (bicyclic) bond motifs is 2. The molecule has 110 valence electrons. The van der Waals surface area contributed by atoms with E-state index in [1.54, 1.807) is 0 Å². The second kappa shape index (κ2) is 5.06. The van der Waals surface area contributed by atoms with Crippen molar-refractivity contribution in [1.82, 2.24) is 5.32 Å². The van der Waals surface area contributed by atoms with Crippen LogP contribution in [0.2, 0.25) is 0 Å². The first-order valence-corrected chi connectivity index (χ1v) is 8.77. The summed E-state index contributed by atoms with van der Waals surface area (Å²) >= 11 is 0. The first kappa shape index (κ1) is 13.9. The van der Waals surface area contributed by atoms with Crippen LogP contribution in [0.3, 0.4) is 0 Å². The molecule has 0 saturated heterocycles. The van der Waals surface area contributed by atoms with Crippen molar-refractivity contribution in [3.63, 3.8) is 0 Å². The molecule has 2 bridgehead atoms. The highest BCUT2D eigenvalue weighted by atomic mass is 15.0. The van der Waals surface area contributed by atoms with Gasteiger partial charge in [-0.1, -0.05) is 52.9 Å². The average molecular weight is 263 g/mol. The van der Waals surface area contributed by atoms with E-state index >= 15 is 0 Å². The molecule has 3 saturated carbocycles. The van der Waals surface area contributed by atoms with Crippen molar-refractivity contribution in [2.75, 3.05) is 6.54 Å². The van der Waals surface area contributed by atoms with Gasteiger partial charge < -0.3 is 5.32 Å². The van der Waals surface area contributed by atoms with E-state index in [-0.39, 0.29) is 0 Å². The van der Waals surface area contributed by atoms with Gasteiger partial charge in [-0.2, -0.15) is 0 Å². The molecule has 0 heterocycles. The lowest BCUT2D eigenvalue weighted by molar-refractivity contribution is 0.120. The Morgan fingerprint density at radius 1 is 1.00 bits per heavy atom. The highest BCUT2D eigenvalue weighted by Gasteiger charge is 2.60. The van der Waals surface area contributed by atoms with Gasteiger partial charge in [-0.15, -0.1) is 0 Å². The molecule has 0 spiro atoms. The second-order valence-corrected chi connectivity index (χ2v) is 8.41. The third-order valence-electron chi connectivity index (χ3n) is 7.46. The second-order valence-electron chi connectivity index (χ2n) is 8.41. The van der Waals surface area contributed by atoms with Gasteiger partial charge in [-0.25, -0.2) is 0 Å². The zero-order chi connectivity index (χ0) is 13.5. The molecule has 1 heteroatoms. The largest absolute Gasteiger partial charge is 0.313 e. The molecule has 0 aromatic rings. The van der Waals surface area contributed by atoms with Gasteiger partial charge in [-0.3, -0.25) is 0 Å². The van der Waals surface area contributed by atoms with Crippen LogP contribution in [0.25, 0.3) is 0 Å². The highest BCUT2D eigenvalue weighted by Crippen LogP contribution is 2.65. The molecule has 1 nitrogen and oxygen atoms in total. The lowest BCUT2D eigenvalue weighted by atomic mass is 9.69. The van der Waals surface area contributed by atoms with Crippen LogP contribution in [0.1, 0.15) is 78.6 Å². The van der Waals surface area contributed by atoms with Crippen molar-refractivity contribution < 1.29 is 0 Å². The van der Waals surface area contributed by atoms with Gasteiger partial charge in [-0.05, 0) is 54.9 Å². The van der Waals surface area contributed by atoms with Crippen molar-refractivity contribution in [3.05, 3.63) is 0 Å². The first-order chi connectivity index (χ1) is 9.04. The van der Waals surface area contributed by atoms with E-state index in [0.29, 0.717) is 10.8 Å². The van der Waals surface area contributed by atoms with Crippen molar-refractivity contribution in [2.24, 2.45) is 22.7 Å². The van der Waals surface area contributed by atoms with Crippen molar-refractivity contribution in [2.45, 2.75) is 84.6 Å². The van der Waals surface area contributed by atoms with Crippen LogP contribution in [0.15, 0.2) is 0 Å². The van der Waals surface area contributed by atoms with Crippen molar-refractivity contribution >= 4 is 0 Å². The Morgan fingerprint density at radius 3 is 2.32 bits per heavy atom. The van der Waals surface area contributed by atoms with E-state index in [9.17, 15) is 0 Å². The van der Waals surface area contributed by atoms with E-state index in [0.717, 1.165) is 17.9 Å². The van der Waals surface area contributed by atoms with Gasteiger partial charge in [0, 0.05) is 6.04 Å². The molecule has 3 rings (SSSR count). The summed E-state index contributed by atoms with van der Waals surface area (Å²) in [6.45, 7) is 8.87. The van der Waals surface area contributed by atoms with E-state index in [1.165, 1.54) is 64.3 Å². The van der Waals surface area contributed by atoms with Crippen LogP contribution in [-0.4, -0.2) is 12.6 Å². The van der Waals surface area contributed by atoms with Crippen LogP contribution >= 0.6 is 0 Å². The van der Waals surface area contributed by atoms with Crippen LogP contribution in [0.5, 0.6) is 0 Å². The fraction of sp³-hybridized carbons (Fsp3) is 1.00. The van der Waals surface area contributed by atoms with E-state index in [2.05, 4.69) is 26.1 Å². The molecule has 3 aliphatic rings. The number of hydrogen-bond acceptors (Lipinski definition) is 1. The maximum absolute atomic E-state index is 3.96. The predicted octanol–water partition coefficient (Wildman–Crippen LogP) is 4.76. The Hall–Kier alpha value is -0.0400. The number of hydrogen-bond donors (Lipinski definition) is 1. The minimum absolute atomic E-state index is 0.560. The standard InChI is InChI=1S/C18H33N/c1-17(2)15-9-11-18(17,3)16(13-15)19-12-10-14-7-5-4-6-8-14/h14-16,19H,4-13H2,1-3H3. The van der Waals surface area contributed by atoms with E-state index < -0.39 is 0 Å². The lowest BCUT2D eigenvalue weighted by Crippen LogP contribution is -2.45. The highest BCUT2D eigenvalue weighted by molar-refractivity contribution is 5.12. The molecule has 0 amide bonds. The van der Waals surface area contributed by atoms with Gasteiger partial charge in [0.2, 0.25) is 0 Å². The molecule has 3 atom stereocenters. The van der Waals surface area contributed by atoms with E-state index in [4.69, 9.17) is 0 Å². The molecule has 0 aliphatic heterocycles. The molecular formula is C18H33N. The molecule has 0 aromatic heterocycles. The van der Waals surface area contributed by atoms with Crippen LogP contribution in [-0.2, 0) is 0 Å². The lowest BCUT2D eigenvalue weighted by Gasteiger charge is -2.40. The third kappa shape index (κ3) is 2.26. The SMILES string of the molecule is CC1(C)C2CCC1(C)C(NCCC1CCCCC1)C2. The zero-order valence-corrected chi connectivity index (χ0v) is 13.3. The molecule has 1 N–H and O–H groups in total. The van der Waals surface area contributed by atoms with Gasteiger partial charge in [0.15, 0.2) is 0 Å². The van der Waals surface area contributed by atoms with Crippen molar-refractivity contribution in [1.29, 1.82) is 0 Å². The number of nitrogens with one attached hydrogen (secondary N) is 1. The summed E-state index contributed by atoms with van der Waals surface area (Å²) in [5.74, 6) is 2.00.